The van der Waals surface area contributed by atoms with Crippen molar-refractivity contribution in [1.29, 1.82) is 0 Å². The van der Waals surface area contributed by atoms with E-state index in [0.717, 1.165) is 0 Å². The molecule has 2 saturated carbocycles. The molecule has 4 aliphatic heterocycles. The van der Waals surface area contributed by atoms with E-state index in [0.29, 0.717) is 0 Å². The first kappa shape index (κ1) is 40.8. The van der Waals surface area contributed by atoms with Crippen molar-refractivity contribution in [1.82, 2.24) is 4.57 Å². The average molecular weight is 874 g/mol. The van der Waals surface area contributed by atoms with Crippen molar-refractivity contribution in [2.75, 3.05) is 9.80 Å². The molecule has 6 heterocycles. The van der Waals surface area contributed by atoms with Gasteiger partial charge < -0.3 is 14.4 Å². The van der Waals surface area contributed by atoms with E-state index in [1.807, 2.05) is 11.3 Å². The van der Waals surface area contributed by atoms with Crippen molar-refractivity contribution < 1.29 is 0 Å². The van der Waals surface area contributed by atoms with E-state index < -0.39 is 0 Å². The Balaban J connectivity index is 1.22. The highest BCUT2D eigenvalue weighted by Gasteiger charge is 2.63. The van der Waals surface area contributed by atoms with Crippen molar-refractivity contribution in [2.45, 2.75) is 180 Å². The van der Waals surface area contributed by atoms with Crippen LogP contribution in [0.15, 0.2) is 78.9 Å². The summed E-state index contributed by atoms with van der Waals surface area (Å²) < 4.78 is 5.60. The summed E-state index contributed by atoms with van der Waals surface area (Å²) in [6, 6.07) is 32.9. The second-order valence-electron chi connectivity index (χ2n) is 25.6. The molecular formula is C60H68BN3S. The minimum Gasteiger partial charge on any atom is -0.335 e. The molecule has 2 fully saturated rings. The molecule has 332 valence electrons. The van der Waals surface area contributed by atoms with Crippen LogP contribution in [0, 0.1) is 0 Å². The summed E-state index contributed by atoms with van der Waals surface area (Å²) in [5.41, 5.74) is 22.1. The lowest BCUT2D eigenvalue weighted by atomic mass is 9.33. The fourth-order valence-electron chi connectivity index (χ4n) is 14.9. The Kier molecular flexibility index (Phi) is 7.74. The minimum atomic E-state index is -0.0668. The third-order valence-electron chi connectivity index (χ3n) is 19.1. The molecule has 0 spiro atoms. The smallest absolute Gasteiger partial charge is 0.252 e. The quantitative estimate of drug-likeness (QED) is 0.152. The predicted molar refractivity (Wildman–Crippen MR) is 283 cm³/mol. The standard InChI is InChI=1S/C60H68BN3S/c1-54(2,3)35-22-23-45-41(29-35)57(10)24-16-18-26-59(57,12)63(45)38-33-46-49-47(34-38)64-52-42(58(11)25-17-19-27-60(58,64)13)30-37(56(7,8)9)32-44(52)61(49)43-31-36(55(4,5)6)28-40-50(43)62(46)51-39-20-14-15-21-48(39)65-53(40)51/h14-15,20-23,28-34H,16-19,24-27H2,1-13H3. The number of nitrogens with zero attached hydrogens (tertiary/aromatic N) is 3. The van der Waals surface area contributed by atoms with Crippen LogP contribution in [-0.2, 0) is 27.1 Å². The van der Waals surface area contributed by atoms with Gasteiger partial charge in [-0.2, -0.15) is 0 Å². The normalized spacial score (nSPS) is 26.5. The molecule has 5 heteroatoms. The third kappa shape index (κ3) is 4.85. The summed E-state index contributed by atoms with van der Waals surface area (Å²) in [6.07, 6.45) is 9.94. The van der Waals surface area contributed by atoms with Gasteiger partial charge in [0, 0.05) is 54.7 Å². The Morgan fingerprint density at radius 2 is 1.11 bits per heavy atom. The SMILES string of the molecule is CC(C)(C)c1ccc2c(c1)C1(C)CCCCC1(C)N2c1cc2c3c(c1)-n1c4c(cc(C(C)(C)C)cc4c4sc5ccccc5c41)B3c1cc(C(C)(C)C)cc3c1N2C1(C)CCCCC31C. The van der Waals surface area contributed by atoms with Gasteiger partial charge >= 0.3 is 0 Å². The first-order chi connectivity index (χ1) is 30.6. The highest BCUT2D eigenvalue weighted by Crippen LogP contribution is 2.65. The molecule has 4 atom stereocenters. The van der Waals surface area contributed by atoms with Gasteiger partial charge in [-0.15, -0.1) is 11.3 Å². The van der Waals surface area contributed by atoms with Crippen molar-refractivity contribution >= 4 is 88.4 Å². The lowest BCUT2D eigenvalue weighted by Crippen LogP contribution is -2.64. The fourth-order valence-corrected chi connectivity index (χ4v) is 16.1. The molecule has 0 amide bonds. The molecule has 2 aromatic heterocycles. The average Bonchev–Trinajstić information content (AvgIpc) is 3.90. The van der Waals surface area contributed by atoms with Crippen LogP contribution >= 0.6 is 11.3 Å². The van der Waals surface area contributed by atoms with Crippen LogP contribution in [0.5, 0.6) is 0 Å². The molecule has 7 aromatic rings. The van der Waals surface area contributed by atoms with Crippen LogP contribution in [0.4, 0.5) is 22.7 Å². The Morgan fingerprint density at radius 3 is 1.80 bits per heavy atom. The lowest BCUT2D eigenvalue weighted by Gasteiger charge is -2.53. The van der Waals surface area contributed by atoms with Gasteiger partial charge in [0.1, 0.15) is 0 Å². The van der Waals surface area contributed by atoms with Crippen LogP contribution in [0.25, 0.3) is 36.9 Å². The summed E-state index contributed by atoms with van der Waals surface area (Å²) in [7, 11) is 0. The van der Waals surface area contributed by atoms with E-state index in [9.17, 15) is 0 Å². The first-order valence-corrected chi connectivity index (χ1v) is 26.0. The molecule has 13 rings (SSSR count). The van der Waals surface area contributed by atoms with E-state index in [4.69, 9.17) is 0 Å². The van der Waals surface area contributed by atoms with Gasteiger partial charge in [-0.1, -0.05) is 150 Å². The number of hydrogen-bond acceptors (Lipinski definition) is 3. The van der Waals surface area contributed by atoms with Crippen molar-refractivity contribution in [3.8, 4) is 5.69 Å². The number of hydrogen-bond donors (Lipinski definition) is 0. The molecule has 0 N–H and O–H groups in total. The molecule has 65 heavy (non-hydrogen) atoms. The van der Waals surface area contributed by atoms with Gasteiger partial charge in [0.05, 0.1) is 26.8 Å². The maximum atomic E-state index is 2.98. The third-order valence-corrected chi connectivity index (χ3v) is 20.3. The second-order valence-corrected chi connectivity index (χ2v) is 26.7. The maximum Gasteiger partial charge on any atom is 0.252 e. The summed E-state index contributed by atoms with van der Waals surface area (Å²) in [5.74, 6) is 0. The van der Waals surface area contributed by atoms with Crippen LogP contribution in [0.2, 0.25) is 0 Å². The highest BCUT2D eigenvalue weighted by atomic mass is 32.1. The maximum absolute atomic E-state index is 2.98. The Bertz CT molecular complexity index is 3270. The number of fused-ring (bicyclic) bond motifs is 15. The molecule has 2 aliphatic carbocycles. The molecule has 0 bridgehead atoms. The fraction of sp³-hybridized carbons (Fsp3) is 0.467. The topological polar surface area (TPSA) is 11.4 Å². The van der Waals surface area contributed by atoms with Gasteiger partial charge in [0.25, 0.3) is 6.71 Å². The van der Waals surface area contributed by atoms with Gasteiger partial charge in [0.15, 0.2) is 0 Å². The van der Waals surface area contributed by atoms with Gasteiger partial charge in [-0.05, 0) is 130 Å². The number of rotatable bonds is 1. The molecular weight excluding hydrogens is 806 g/mol. The van der Waals surface area contributed by atoms with Gasteiger partial charge in [0.2, 0.25) is 0 Å². The van der Waals surface area contributed by atoms with Gasteiger partial charge in [-0.3, -0.25) is 0 Å². The molecule has 4 unspecified atom stereocenters. The Hall–Kier alpha value is -4.48. The minimum absolute atomic E-state index is 0.00729. The largest absolute Gasteiger partial charge is 0.335 e. The Morgan fingerprint density at radius 1 is 0.523 bits per heavy atom. The first-order valence-electron chi connectivity index (χ1n) is 25.2. The van der Waals surface area contributed by atoms with E-state index in [-0.39, 0.29) is 44.9 Å². The molecule has 3 nitrogen and oxygen atoms in total. The van der Waals surface area contributed by atoms with Crippen molar-refractivity contribution in [3.05, 3.63) is 107 Å². The summed E-state index contributed by atoms with van der Waals surface area (Å²) in [6.45, 7) is 32.4. The van der Waals surface area contributed by atoms with Crippen molar-refractivity contribution in [2.24, 2.45) is 0 Å². The molecule has 0 saturated heterocycles. The van der Waals surface area contributed by atoms with Crippen LogP contribution in [0.1, 0.15) is 169 Å². The van der Waals surface area contributed by atoms with E-state index in [1.54, 1.807) is 11.1 Å². The number of thiophene rings is 1. The van der Waals surface area contributed by atoms with E-state index in [2.05, 4.69) is 183 Å². The monoisotopic (exact) mass is 874 g/mol. The summed E-state index contributed by atoms with van der Waals surface area (Å²) in [4.78, 5) is 5.87. The number of benzene rings is 5. The zero-order valence-electron chi connectivity index (χ0n) is 41.5. The molecule has 6 aliphatic rings. The number of anilines is 4. The highest BCUT2D eigenvalue weighted by molar-refractivity contribution is 7.26. The van der Waals surface area contributed by atoms with Gasteiger partial charge in [-0.25, -0.2) is 0 Å². The predicted octanol–water partition coefficient (Wildman–Crippen LogP) is 14.5. The zero-order valence-corrected chi connectivity index (χ0v) is 42.3. The lowest BCUT2D eigenvalue weighted by molar-refractivity contribution is 0.194. The van der Waals surface area contributed by atoms with Crippen molar-refractivity contribution in [3.63, 3.8) is 0 Å². The Labute approximate surface area is 392 Å². The van der Waals surface area contributed by atoms with Crippen LogP contribution in [0.3, 0.4) is 0 Å². The zero-order chi connectivity index (χ0) is 45.3. The summed E-state index contributed by atoms with van der Waals surface area (Å²) in [5, 5.41) is 2.80. The van der Waals surface area contributed by atoms with Crippen LogP contribution < -0.4 is 26.2 Å². The van der Waals surface area contributed by atoms with E-state index >= 15 is 0 Å². The second kappa shape index (κ2) is 12.3. The molecule has 5 aromatic carbocycles. The van der Waals surface area contributed by atoms with E-state index in [1.165, 1.54) is 144 Å². The van der Waals surface area contributed by atoms with Crippen LogP contribution in [-0.4, -0.2) is 22.4 Å². The molecule has 0 radical (unpaired) electrons. The summed E-state index contributed by atoms with van der Waals surface area (Å²) >= 11 is 2.00. The number of aromatic nitrogens is 1.